The first-order chi connectivity index (χ1) is 13.3. The average molecular weight is 379 g/mol. The second kappa shape index (κ2) is 8.05. The third-order valence-electron chi connectivity index (χ3n) is 3.89. The van der Waals surface area contributed by atoms with Crippen LogP contribution in [0.4, 0.5) is 0 Å². The summed E-state index contributed by atoms with van der Waals surface area (Å²) in [7, 11) is -1.16. The van der Waals surface area contributed by atoms with Crippen LogP contribution in [0.2, 0.25) is 0 Å². The van der Waals surface area contributed by atoms with Crippen LogP contribution in [-0.2, 0) is 22.3 Å². The monoisotopic (exact) mass is 379 g/mol. The predicted molar refractivity (Wildman–Crippen MR) is 103 cm³/mol. The third-order valence-corrected chi connectivity index (χ3v) is 5.14. The SMILES string of the molecule is O=[S@@](Cc1cc(-c2ccco2)on1)Cc1ccccc1Oc1ccccc1. The van der Waals surface area contributed by atoms with E-state index in [9.17, 15) is 4.21 Å². The van der Waals surface area contributed by atoms with Crippen molar-refractivity contribution >= 4 is 10.8 Å². The maximum atomic E-state index is 12.6. The van der Waals surface area contributed by atoms with E-state index >= 15 is 0 Å². The second-order valence-corrected chi connectivity index (χ2v) is 7.37. The molecule has 0 bridgehead atoms. The van der Waals surface area contributed by atoms with E-state index in [-0.39, 0.29) is 0 Å². The number of nitrogens with zero attached hydrogens (tertiary/aromatic N) is 1. The molecule has 2 heterocycles. The van der Waals surface area contributed by atoms with Gasteiger partial charge < -0.3 is 13.7 Å². The molecule has 0 saturated carbocycles. The Kier molecular flexibility index (Phi) is 5.16. The summed E-state index contributed by atoms with van der Waals surface area (Å²) in [5, 5.41) is 3.98. The van der Waals surface area contributed by atoms with Crippen molar-refractivity contribution in [3.8, 4) is 23.0 Å². The highest BCUT2D eigenvalue weighted by atomic mass is 32.2. The Labute approximate surface area is 159 Å². The lowest BCUT2D eigenvalue weighted by Crippen LogP contribution is -2.01. The summed E-state index contributed by atoms with van der Waals surface area (Å²) in [6.07, 6.45) is 1.57. The Bertz CT molecular complexity index is 1030. The first-order valence-corrected chi connectivity index (χ1v) is 9.92. The van der Waals surface area contributed by atoms with Gasteiger partial charge in [0.15, 0.2) is 5.76 Å². The Morgan fingerprint density at radius 2 is 1.70 bits per heavy atom. The first-order valence-electron chi connectivity index (χ1n) is 8.43. The predicted octanol–water partition coefficient (Wildman–Crippen LogP) is 5.18. The van der Waals surface area contributed by atoms with Crippen molar-refractivity contribution in [2.24, 2.45) is 0 Å². The van der Waals surface area contributed by atoms with E-state index in [4.69, 9.17) is 13.7 Å². The van der Waals surface area contributed by atoms with Crippen molar-refractivity contribution in [3.05, 3.63) is 90.3 Å². The van der Waals surface area contributed by atoms with Crippen LogP contribution >= 0.6 is 0 Å². The topological polar surface area (TPSA) is 65.5 Å². The number of furan rings is 1. The van der Waals surface area contributed by atoms with E-state index in [1.165, 1.54) is 0 Å². The number of hydrogen-bond donors (Lipinski definition) is 0. The minimum absolute atomic E-state index is 0.296. The Balaban J connectivity index is 1.44. The zero-order valence-corrected chi connectivity index (χ0v) is 15.2. The fourth-order valence-electron chi connectivity index (χ4n) is 2.64. The van der Waals surface area contributed by atoms with Crippen molar-refractivity contribution in [1.82, 2.24) is 5.16 Å². The van der Waals surface area contributed by atoms with Crippen molar-refractivity contribution < 1.29 is 17.9 Å². The van der Waals surface area contributed by atoms with E-state index in [0.29, 0.717) is 34.5 Å². The van der Waals surface area contributed by atoms with E-state index in [1.807, 2.05) is 54.6 Å². The molecule has 6 heteroatoms. The molecule has 0 fully saturated rings. The zero-order chi connectivity index (χ0) is 18.5. The van der Waals surface area contributed by atoms with Gasteiger partial charge in [-0.2, -0.15) is 0 Å². The molecule has 4 rings (SSSR count). The molecule has 0 aliphatic carbocycles. The van der Waals surface area contributed by atoms with Crippen LogP contribution in [-0.4, -0.2) is 9.37 Å². The van der Waals surface area contributed by atoms with E-state index in [1.54, 1.807) is 24.5 Å². The highest BCUT2D eigenvalue weighted by Gasteiger charge is 2.14. The molecule has 0 aliphatic heterocycles. The average Bonchev–Trinajstić information content (AvgIpc) is 3.36. The quantitative estimate of drug-likeness (QED) is 0.443. The molecular formula is C21H17NO4S. The summed E-state index contributed by atoms with van der Waals surface area (Å²) in [5.74, 6) is 3.24. The van der Waals surface area contributed by atoms with Gasteiger partial charge in [0.25, 0.3) is 0 Å². The van der Waals surface area contributed by atoms with Gasteiger partial charge >= 0.3 is 0 Å². The summed E-state index contributed by atoms with van der Waals surface area (Å²) >= 11 is 0. The molecule has 1 atom stereocenters. The zero-order valence-electron chi connectivity index (χ0n) is 14.4. The smallest absolute Gasteiger partial charge is 0.202 e. The van der Waals surface area contributed by atoms with Gasteiger partial charge in [-0.15, -0.1) is 0 Å². The molecule has 4 aromatic rings. The van der Waals surface area contributed by atoms with Gasteiger partial charge in [0.1, 0.15) is 11.5 Å². The van der Waals surface area contributed by atoms with Crippen molar-refractivity contribution in [1.29, 1.82) is 0 Å². The number of ether oxygens (including phenoxy) is 1. The number of rotatable bonds is 7. The van der Waals surface area contributed by atoms with Crippen molar-refractivity contribution in [3.63, 3.8) is 0 Å². The van der Waals surface area contributed by atoms with E-state index < -0.39 is 10.8 Å². The molecule has 0 radical (unpaired) electrons. The lowest BCUT2D eigenvalue weighted by Gasteiger charge is -2.10. The number of para-hydroxylation sites is 2. The highest BCUT2D eigenvalue weighted by Crippen LogP contribution is 2.27. The number of hydrogen-bond acceptors (Lipinski definition) is 5. The number of benzene rings is 2. The summed E-state index contributed by atoms with van der Waals surface area (Å²) in [6.45, 7) is 0. The lowest BCUT2D eigenvalue weighted by molar-refractivity contribution is 0.413. The van der Waals surface area contributed by atoms with Crippen LogP contribution in [0.15, 0.2) is 88.0 Å². The summed E-state index contributed by atoms with van der Waals surface area (Å²) in [6, 6.07) is 22.5. The molecule has 0 spiro atoms. The van der Waals surface area contributed by atoms with E-state index in [2.05, 4.69) is 5.16 Å². The molecule has 0 unspecified atom stereocenters. The van der Waals surface area contributed by atoms with Crippen LogP contribution in [0.3, 0.4) is 0 Å². The number of aromatic nitrogens is 1. The molecule has 2 aromatic heterocycles. The maximum Gasteiger partial charge on any atom is 0.202 e. The maximum absolute atomic E-state index is 12.6. The van der Waals surface area contributed by atoms with Gasteiger partial charge in [0, 0.05) is 22.4 Å². The van der Waals surface area contributed by atoms with Gasteiger partial charge in [-0.25, -0.2) is 0 Å². The standard InChI is InChI=1S/C21H17NO4S/c23-27(15-17-13-21(26-22-17)20-11-6-12-24-20)14-16-7-4-5-10-19(16)25-18-8-2-1-3-9-18/h1-13H,14-15H2/t27-/m1/s1. The first kappa shape index (κ1) is 17.3. The Hall–Kier alpha value is -3.12. The minimum Gasteiger partial charge on any atom is -0.461 e. The van der Waals surface area contributed by atoms with Crippen LogP contribution in [0.1, 0.15) is 11.3 Å². The van der Waals surface area contributed by atoms with Gasteiger partial charge in [-0.3, -0.25) is 4.21 Å². The van der Waals surface area contributed by atoms with Gasteiger partial charge in [0.05, 0.1) is 23.5 Å². The molecule has 0 amide bonds. The van der Waals surface area contributed by atoms with Gasteiger partial charge in [-0.1, -0.05) is 41.6 Å². The fourth-order valence-corrected chi connectivity index (χ4v) is 3.80. The Morgan fingerprint density at radius 3 is 2.52 bits per heavy atom. The molecule has 0 N–H and O–H groups in total. The lowest BCUT2D eigenvalue weighted by atomic mass is 10.2. The van der Waals surface area contributed by atoms with E-state index in [0.717, 1.165) is 11.3 Å². The van der Waals surface area contributed by atoms with Crippen molar-refractivity contribution in [2.75, 3.05) is 0 Å². The van der Waals surface area contributed by atoms with Crippen LogP contribution < -0.4 is 4.74 Å². The molecular weight excluding hydrogens is 362 g/mol. The van der Waals surface area contributed by atoms with Crippen LogP contribution in [0, 0.1) is 0 Å². The van der Waals surface area contributed by atoms with Gasteiger partial charge in [0.2, 0.25) is 5.76 Å². The third kappa shape index (κ3) is 4.35. The second-order valence-electron chi connectivity index (χ2n) is 5.91. The molecule has 27 heavy (non-hydrogen) atoms. The largest absolute Gasteiger partial charge is 0.461 e. The molecule has 2 aromatic carbocycles. The molecule has 0 aliphatic rings. The summed E-state index contributed by atoms with van der Waals surface area (Å²) < 4.78 is 29.1. The fraction of sp³-hybridized carbons (Fsp3) is 0.0952. The van der Waals surface area contributed by atoms with Crippen molar-refractivity contribution in [2.45, 2.75) is 11.5 Å². The highest BCUT2D eigenvalue weighted by molar-refractivity contribution is 7.83. The minimum atomic E-state index is -1.16. The molecule has 0 saturated heterocycles. The normalized spacial score (nSPS) is 12.0. The summed E-state index contributed by atoms with van der Waals surface area (Å²) in [5.41, 5.74) is 1.51. The Morgan fingerprint density at radius 1 is 0.889 bits per heavy atom. The van der Waals surface area contributed by atoms with Gasteiger partial charge in [-0.05, 0) is 30.3 Å². The van der Waals surface area contributed by atoms with Crippen LogP contribution in [0.5, 0.6) is 11.5 Å². The molecule has 5 nitrogen and oxygen atoms in total. The summed E-state index contributed by atoms with van der Waals surface area (Å²) in [4.78, 5) is 0. The van der Waals surface area contributed by atoms with Crippen LogP contribution in [0.25, 0.3) is 11.5 Å². The molecule has 136 valence electrons.